The maximum Gasteiger partial charge on any atom is 0.124 e. The highest BCUT2D eigenvalue weighted by molar-refractivity contribution is 7.09. The molecule has 1 aromatic carbocycles. The Morgan fingerprint density at radius 3 is 2.95 bits per heavy atom. The second-order valence-electron chi connectivity index (χ2n) is 4.17. The molecular weight excluding hydrogens is 256 g/mol. The number of nitrogens with zero attached hydrogens (tertiary/aromatic N) is 1. The van der Waals surface area contributed by atoms with Gasteiger partial charge in [0.1, 0.15) is 12.4 Å². The van der Waals surface area contributed by atoms with Crippen LogP contribution in [0, 0.1) is 6.92 Å². The summed E-state index contributed by atoms with van der Waals surface area (Å²) in [5, 5.41) is 6.58. The molecule has 0 bridgehead atoms. The van der Waals surface area contributed by atoms with Crippen LogP contribution in [0.1, 0.15) is 16.3 Å². The Hall–Kier alpha value is -1.65. The van der Waals surface area contributed by atoms with Crippen molar-refractivity contribution in [3.63, 3.8) is 0 Å². The first-order valence-electron chi connectivity index (χ1n) is 6.23. The summed E-state index contributed by atoms with van der Waals surface area (Å²) in [6.07, 6.45) is 1.75. The number of aromatic nitrogens is 1. The molecule has 4 heteroatoms. The number of hydrogen-bond acceptors (Lipinski definition) is 4. The van der Waals surface area contributed by atoms with Crippen LogP contribution < -0.4 is 10.1 Å². The van der Waals surface area contributed by atoms with Gasteiger partial charge in [0.15, 0.2) is 0 Å². The van der Waals surface area contributed by atoms with Crippen LogP contribution in [0.3, 0.4) is 0 Å². The number of hydrogen-bond donors (Lipinski definition) is 1. The Morgan fingerprint density at radius 2 is 2.21 bits per heavy atom. The summed E-state index contributed by atoms with van der Waals surface area (Å²) < 4.78 is 5.62. The maximum atomic E-state index is 5.62. The van der Waals surface area contributed by atoms with Crippen molar-refractivity contribution in [1.29, 1.82) is 0 Å². The van der Waals surface area contributed by atoms with Gasteiger partial charge in [0.05, 0.1) is 10.7 Å². The highest BCUT2D eigenvalue weighted by atomic mass is 32.1. The van der Waals surface area contributed by atoms with Crippen LogP contribution in [0.4, 0.5) is 0 Å². The molecule has 0 saturated carbocycles. The molecule has 0 spiro atoms. The Morgan fingerprint density at radius 1 is 1.37 bits per heavy atom. The zero-order chi connectivity index (χ0) is 13.5. The number of para-hydroxylation sites is 1. The third-order valence-electron chi connectivity index (χ3n) is 2.62. The predicted octanol–water partition coefficient (Wildman–Crippen LogP) is 3.31. The van der Waals surface area contributed by atoms with Crippen LogP contribution in [-0.2, 0) is 13.1 Å². The van der Waals surface area contributed by atoms with E-state index >= 15 is 0 Å². The van der Waals surface area contributed by atoms with Crippen molar-refractivity contribution in [2.24, 2.45) is 0 Å². The number of thiazole rings is 1. The Labute approximate surface area is 118 Å². The minimum Gasteiger partial charge on any atom is -0.489 e. The zero-order valence-electron chi connectivity index (χ0n) is 11.1. The summed E-state index contributed by atoms with van der Waals surface area (Å²) in [6, 6.07) is 8.04. The van der Waals surface area contributed by atoms with Crippen molar-refractivity contribution in [2.45, 2.75) is 20.0 Å². The molecule has 1 N–H and O–H groups in total. The molecule has 0 aliphatic carbocycles. The number of aryl methyl sites for hydroxylation is 1. The SMILES string of the molecule is C=CCOc1ccccc1CNCc1csc(C)n1. The van der Waals surface area contributed by atoms with Gasteiger partial charge in [-0.2, -0.15) is 0 Å². The standard InChI is InChI=1S/C15H18N2OS/c1-3-8-18-15-7-5-4-6-13(15)9-16-10-14-11-19-12(2)17-14/h3-7,11,16H,1,8-10H2,2H3. The van der Waals surface area contributed by atoms with Crippen molar-refractivity contribution in [3.8, 4) is 5.75 Å². The minimum absolute atomic E-state index is 0.530. The lowest BCUT2D eigenvalue weighted by Gasteiger charge is -2.10. The molecule has 0 saturated heterocycles. The van der Waals surface area contributed by atoms with E-state index in [4.69, 9.17) is 4.74 Å². The number of ether oxygens (including phenoxy) is 1. The molecule has 2 rings (SSSR count). The topological polar surface area (TPSA) is 34.1 Å². The van der Waals surface area contributed by atoms with Gasteiger partial charge in [-0.3, -0.25) is 0 Å². The fourth-order valence-electron chi connectivity index (χ4n) is 1.75. The molecule has 0 fully saturated rings. The third kappa shape index (κ3) is 4.19. The first-order valence-corrected chi connectivity index (χ1v) is 7.11. The Bertz CT molecular complexity index is 536. The molecule has 19 heavy (non-hydrogen) atoms. The molecule has 1 aromatic heterocycles. The summed E-state index contributed by atoms with van der Waals surface area (Å²) in [4.78, 5) is 4.43. The third-order valence-corrected chi connectivity index (χ3v) is 3.44. The average Bonchev–Trinajstić information content (AvgIpc) is 2.83. The Balaban J connectivity index is 1.89. The van der Waals surface area contributed by atoms with Crippen LogP contribution in [0.25, 0.3) is 0 Å². The molecule has 100 valence electrons. The van der Waals surface area contributed by atoms with Gasteiger partial charge in [0, 0.05) is 24.0 Å². The van der Waals surface area contributed by atoms with Crippen molar-refractivity contribution in [3.05, 3.63) is 58.6 Å². The minimum atomic E-state index is 0.530. The first kappa shape index (κ1) is 13.8. The van der Waals surface area contributed by atoms with Crippen molar-refractivity contribution in [1.82, 2.24) is 10.3 Å². The number of rotatable bonds is 7. The normalized spacial score (nSPS) is 10.4. The quantitative estimate of drug-likeness (QED) is 0.787. The van der Waals surface area contributed by atoms with E-state index in [0.717, 1.165) is 35.1 Å². The van der Waals surface area contributed by atoms with Gasteiger partial charge >= 0.3 is 0 Å². The van der Waals surface area contributed by atoms with Gasteiger partial charge in [-0.25, -0.2) is 4.98 Å². The van der Waals surface area contributed by atoms with E-state index < -0.39 is 0 Å². The number of nitrogens with one attached hydrogen (secondary N) is 1. The van der Waals surface area contributed by atoms with Crippen molar-refractivity contribution >= 4 is 11.3 Å². The average molecular weight is 274 g/mol. The lowest BCUT2D eigenvalue weighted by atomic mass is 10.2. The van der Waals surface area contributed by atoms with Crippen LogP contribution in [-0.4, -0.2) is 11.6 Å². The van der Waals surface area contributed by atoms with Crippen molar-refractivity contribution < 1.29 is 4.74 Å². The molecule has 0 amide bonds. The lowest BCUT2D eigenvalue weighted by molar-refractivity contribution is 0.358. The van der Waals surface area contributed by atoms with E-state index in [0.29, 0.717) is 6.61 Å². The van der Waals surface area contributed by atoms with E-state index in [2.05, 4.69) is 28.3 Å². The molecule has 0 unspecified atom stereocenters. The van der Waals surface area contributed by atoms with Gasteiger partial charge in [-0.05, 0) is 13.0 Å². The molecule has 1 heterocycles. The zero-order valence-corrected chi connectivity index (χ0v) is 11.9. The van der Waals surface area contributed by atoms with E-state index in [1.54, 1.807) is 17.4 Å². The van der Waals surface area contributed by atoms with E-state index in [1.807, 2.05) is 25.1 Å². The smallest absolute Gasteiger partial charge is 0.124 e. The molecule has 0 atom stereocenters. The Kier molecular flexibility index (Phi) is 5.12. The molecule has 3 nitrogen and oxygen atoms in total. The number of benzene rings is 1. The summed E-state index contributed by atoms with van der Waals surface area (Å²) in [5.41, 5.74) is 2.24. The van der Waals surface area contributed by atoms with Gasteiger partial charge in [-0.15, -0.1) is 11.3 Å². The van der Waals surface area contributed by atoms with E-state index in [9.17, 15) is 0 Å². The summed E-state index contributed by atoms with van der Waals surface area (Å²) >= 11 is 1.68. The largest absolute Gasteiger partial charge is 0.489 e. The van der Waals surface area contributed by atoms with Gasteiger partial charge < -0.3 is 10.1 Å². The van der Waals surface area contributed by atoms with E-state index in [1.165, 1.54) is 0 Å². The monoisotopic (exact) mass is 274 g/mol. The lowest BCUT2D eigenvalue weighted by Crippen LogP contribution is -2.14. The molecular formula is C15H18N2OS. The van der Waals surface area contributed by atoms with Crippen LogP contribution in [0.5, 0.6) is 5.75 Å². The van der Waals surface area contributed by atoms with Gasteiger partial charge in [-0.1, -0.05) is 30.9 Å². The fourth-order valence-corrected chi connectivity index (χ4v) is 2.37. The highest BCUT2D eigenvalue weighted by Gasteiger charge is 2.03. The van der Waals surface area contributed by atoms with Crippen LogP contribution >= 0.6 is 11.3 Å². The molecule has 2 aromatic rings. The second kappa shape index (κ2) is 7.07. The highest BCUT2D eigenvalue weighted by Crippen LogP contribution is 2.18. The maximum absolute atomic E-state index is 5.62. The van der Waals surface area contributed by atoms with E-state index in [-0.39, 0.29) is 0 Å². The summed E-state index contributed by atoms with van der Waals surface area (Å²) in [5.74, 6) is 0.907. The second-order valence-corrected chi connectivity index (χ2v) is 5.23. The predicted molar refractivity (Wildman–Crippen MR) is 79.5 cm³/mol. The van der Waals surface area contributed by atoms with Gasteiger partial charge in [0.25, 0.3) is 0 Å². The van der Waals surface area contributed by atoms with Crippen LogP contribution in [0.15, 0.2) is 42.3 Å². The summed E-state index contributed by atoms with van der Waals surface area (Å²) in [7, 11) is 0. The van der Waals surface area contributed by atoms with Crippen molar-refractivity contribution in [2.75, 3.05) is 6.61 Å². The summed E-state index contributed by atoms with van der Waals surface area (Å²) in [6.45, 7) is 7.76. The van der Waals surface area contributed by atoms with Crippen LogP contribution in [0.2, 0.25) is 0 Å². The molecule has 0 radical (unpaired) electrons. The fraction of sp³-hybridized carbons (Fsp3) is 0.267. The molecule has 0 aliphatic heterocycles. The first-order chi connectivity index (χ1) is 9.29. The van der Waals surface area contributed by atoms with Gasteiger partial charge in [0.2, 0.25) is 0 Å². The molecule has 0 aliphatic rings.